The second kappa shape index (κ2) is 7.47. The SMILES string of the molecule is Cc1ccc(OCC(=O)NNC(=O)Nc2nnc(C3CC3)s2)cc1C. The standard InChI is InChI=1S/C16H19N5O3S/c1-9-3-6-12(7-10(9)2)24-8-13(22)18-20-15(23)17-16-21-19-14(25-16)11-4-5-11/h3,6-7,11H,4-5,8H2,1-2H3,(H,18,22)(H2,17,20,21,23). The Balaban J connectivity index is 1.38. The molecule has 1 heterocycles. The highest BCUT2D eigenvalue weighted by atomic mass is 32.1. The molecule has 1 aromatic carbocycles. The van der Waals surface area contributed by atoms with Gasteiger partial charge in [0.2, 0.25) is 5.13 Å². The predicted octanol–water partition coefficient (Wildman–Crippen LogP) is 2.26. The zero-order valence-electron chi connectivity index (χ0n) is 14.0. The Hall–Kier alpha value is -2.68. The van der Waals surface area contributed by atoms with Crippen LogP contribution in [0.15, 0.2) is 18.2 Å². The molecule has 2 aromatic rings. The van der Waals surface area contributed by atoms with Gasteiger partial charge in [-0.3, -0.25) is 15.5 Å². The summed E-state index contributed by atoms with van der Waals surface area (Å²) in [5, 5.41) is 11.8. The van der Waals surface area contributed by atoms with Gasteiger partial charge in [0.25, 0.3) is 5.91 Å². The molecule has 9 heteroatoms. The summed E-state index contributed by atoms with van der Waals surface area (Å²) in [6, 6.07) is 4.99. The average Bonchev–Trinajstić information content (AvgIpc) is 3.34. The average molecular weight is 361 g/mol. The van der Waals surface area contributed by atoms with Crippen molar-refractivity contribution in [2.45, 2.75) is 32.6 Å². The van der Waals surface area contributed by atoms with E-state index in [4.69, 9.17) is 4.74 Å². The number of amides is 3. The number of hydrogen-bond donors (Lipinski definition) is 3. The van der Waals surface area contributed by atoms with Gasteiger partial charge in [0.05, 0.1) is 0 Å². The highest BCUT2D eigenvalue weighted by Gasteiger charge is 2.27. The Morgan fingerprint density at radius 1 is 1.20 bits per heavy atom. The molecule has 0 aliphatic heterocycles. The van der Waals surface area contributed by atoms with E-state index < -0.39 is 11.9 Å². The van der Waals surface area contributed by atoms with Crippen molar-refractivity contribution >= 4 is 28.4 Å². The lowest BCUT2D eigenvalue weighted by Gasteiger charge is -2.09. The quantitative estimate of drug-likeness (QED) is 0.709. The van der Waals surface area contributed by atoms with E-state index in [9.17, 15) is 9.59 Å². The number of carbonyl (C=O) groups excluding carboxylic acids is 2. The third-order valence-corrected chi connectivity index (χ3v) is 4.75. The van der Waals surface area contributed by atoms with Crippen LogP contribution in [0.4, 0.5) is 9.93 Å². The van der Waals surface area contributed by atoms with Gasteiger partial charge in [0.1, 0.15) is 10.8 Å². The Morgan fingerprint density at radius 2 is 2.00 bits per heavy atom. The lowest BCUT2D eigenvalue weighted by atomic mass is 10.1. The second-order valence-corrected chi connectivity index (χ2v) is 6.89. The molecule has 3 amide bonds. The van der Waals surface area contributed by atoms with Crippen LogP contribution in [0.3, 0.4) is 0 Å². The van der Waals surface area contributed by atoms with Gasteiger partial charge in [-0.1, -0.05) is 17.4 Å². The number of anilines is 1. The van der Waals surface area contributed by atoms with Crippen LogP contribution in [0.2, 0.25) is 0 Å². The molecule has 3 rings (SSSR count). The van der Waals surface area contributed by atoms with Crippen LogP contribution in [-0.4, -0.2) is 28.7 Å². The summed E-state index contributed by atoms with van der Waals surface area (Å²) in [5.41, 5.74) is 6.75. The van der Waals surface area contributed by atoms with Crippen molar-refractivity contribution in [2.75, 3.05) is 11.9 Å². The van der Waals surface area contributed by atoms with Crippen LogP contribution in [0, 0.1) is 13.8 Å². The molecule has 1 aliphatic rings. The number of urea groups is 1. The lowest BCUT2D eigenvalue weighted by Crippen LogP contribution is -2.45. The summed E-state index contributed by atoms with van der Waals surface area (Å²) in [6.45, 7) is 3.77. The first kappa shape index (κ1) is 17.2. The minimum absolute atomic E-state index is 0.201. The van der Waals surface area contributed by atoms with E-state index in [1.165, 1.54) is 11.3 Å². The van der Waals surface area contributed by atoms with Crippen molar-refractivity contribution in [1.29, 1.82) is 0 Å². The van der Waals surface area contributed by atoms with Crippen LogP contribution in [0.25, 0.3) is 0 Å². The molecule has 1 fully saturated rings. The number of carbonyl (C=O) groups is 2. The molecule has 0 bridgehead atoms. The molecule has 0 spiro atoms. The molecule has 1 aromatic heterocycles. The van der Waals surface area contributed by atoms with Crippen LogP contribution in [0.5, 0.6) is 5.75 Å². The first-order chi connectivity index (χ1) is 12.0. The molecule has 0 unspecified atom stereocenters. The minimum atomic E-state index is -0.585. The highest BCUT2D eigenvalue weighted by Crippen LogP contribution is 2.41. The van der Waals surface area contributed by atoms with Crippen molar-refractivity contribution in [3.63, 3.8) is 0 Å². The number of nitrogens with one attached hydrogen (secondary N) is 3. The van der Waals surface area contributed by atoms with Gasteiger partial charge in [0.15, 0.2) is 6.61 Å². The number of nitrogens with zero attached hydrogens (tertiary/aromatic N) is 2. The molecular weight excluding hydrogens is 342 g/mol. The molecule has 8 nitrogen and oxygen atoms in total. The maximum absolute atomic E-state index is 11.7. The maximum Gasteiger partial charge on any atom is 0.339 e. The predicted molar refractivity (Wildman–Crippen MR) is 93.6 cm³/mol. The first-order valence-electron chi connectivity index (χ1n) is 7.90. The number of aryl methyl sites for hydroxylation is 2. The van der Waals surface area contributed by atoms with Gasteiger partial charge < -0.3 is 4.74 Å². The zero-order valence-corrected chi connectivity index (χ0v) is 14.8. The van der Waals surface area contributed by atoms with Crippen molar-refractivity contribution in [3.8, 4) is 5.75 Å². The molecule has 0 saturated heterocycles. The molecule has 132 valence electrons. The molecule has 1 aliphatic carbocycles. The van der Waals surface area contributed by atoms with E-state index in [2.05, 4.69) is 26.4 Å². The van der Waals surface area contributed by atoms with Crippen molar-refractivity contribution in [2.24, 2.45) is 0 Å². The second-order valence-electron chi connectivity index (χ2n) is 5.88. The highest BCUT2D eigenvalue weighted by molar-refractivity contribution is 7.15. The van der Waals surface area contributed by atoms with Crippen LogP contribution >= 0.6 is 11.3 Å². The Labute approximate surface area is 149 Å². The van der Waals surface area contributed by atoms with Crippen molar-refractivity contribution in [3.05, 3.63) is 34.3 Å². The number of hydrogen-bond acceptors (Lipinski definition) is 6. The molecule has 1 saturated carbocycles. The van der Waals surface area contributed by atoms with Gasteiger partial charge in [-0.05, 0) is 49.9 Å². The summed E-state index contributed by atoms with van der Waals surface area (Å²) in [7, 11) is 0. The van der Waals surface area contributed by atoms with Gasteiger partial charge in [0, 0.05) is 5.92 Å². The van der Waals surface area contributed by atoms with E-state index in [0.717, 1.165) is 29.0 Å². The normalized spacial score (nSPS) is 13.2. The minimum Gasteiger partial charge on any atom is -0.484 e. The van der Waals surface area contributed by atoms with Crippen molar-refractivity contribution < 1.29 is 14.3 Å². The van der Waals surface area contributed by atoms with Gasteiger partial charge in [-0.2, -0.15) is 0 Å². The molecule has 0 atom stereocenters. The van der Waals surface area contributed by atoms with Crippen LogP contribution in [-0.2, 0) is 4.79 Å². The molecular formula is C16H19N5O3S. The van der Waals surface area contributed by atoms with E-state index in [1.54, 1.807) is 6.07 Å². The fourth-order valence-corrected chi connectivity index (χ4v) is 2.93. The summed E-state index contributed by atoms with van der Waals surface area (Å²) in [4.78, 5) is 23.5. The Morgan fingerprint density at radius 3 is 2.72 bits per heavy atom. The third kappa shape index (κ3) is 4.90. The Kier molecular flexibility index (Phi) is 5.13. The summed E-state index contributed by atoms with van der Waals surface area (Å²) in [6.07, 6.45) is 2.24. The third-order valence-electron chi connectivity index (χ3n) is 3.75. The summed E-state index contributed by atoms with van der Waals surface area (Å²) < 4.78 is 5.39. The largest absolute Gasteiger partial charge is 0.484 e. The number of ether oxygens (including phenoxy) is 1. The van der Waals surface area contributed by atoms with Gasteiger partial charge in [-0.25, -0.2) is 10.2 Å². The lowest BCUT2D eigenvalue weighted by molar-refractivity contribution is -0.123. The molecule has 3 N–H and O–H groups in total. The van der Waals surface area contributed by atoms with Crippen LogP contribution < -0.4 is 20.9 Å². The summed E-state index contributed by atoms with van der Waals surface area (Å²) in [5.74, 6) is 0.617. The summed E-state index contributed by atoms with van der Waals surface area (Å²) >= 11 is 1.34. The Bertz CT molecular complexity index is 788. The number of benzene rings is 1. The number of aromatic nitrogens is 2. The van der Waals surface area contributed by atoms with E-state index in [1.807, 2.05) is 26.0 Å². The first-order valence-corrected chi connectivity index (χ1v) is 8.72. The molecule has 25 heavy (non-hydrogen) atoms. The van der Waals surface area contributed by atoms with E-state index in [0.29, 0.717) is 16.8 Å². The smallest absolute Gasteiger partial charge is 0.339 e. The fourth-order valence-electron chi connectivity index (χ4n) is 2.02. The zero-order chi connectivity index (χ0) is 17.8. The monoisotopic (exact) mass is 361 g/mol. The maximum atomic E-state index is 11.7. The number of rotatable bonds is 5. The van der Waals surface area contributed by atoms with Crippen LogP contribution in [0.1, 0.15) is 34.9 Å². The van der Waals surface area contributed by atoms with E-state index in [-0.39, 0.29) is 6.61 Å². The molecule has 0 radical (unpaired) electrons. The number of hydrazine groups is 1. The van der Waals surface area contributed by atoms with Crippen molar-refractivity contribution in [1.82, 2.24) is 21.0 Å². The van der Waals surface area contributed by atoms with E-state index >= 15 is 0 Å². The fraction of sp³-hybridized carbons (Fsp3) is 0.375. The topological polar surface area (TPSA) is 105 Å². The van der Waals surface area contributed by atoms with Gasteiger partial charge >= 0.3 is 6.03 Å². The van der Waals surface area contributed by atoms with Gasteiger partial charge in [-0.15, -0.1) is 10.2 Å².